The van der Waals surface area contributed by atoms with E-state index in [4.69, 9.17) is 0 Å². The van der Waals surface area contributed by atoms with Crippen molar-refractivity contribution in [1.29, 1.82) is 0 Å². The van der Waals surface area contributed by atoms with Crippen LogP contribution in [0.3, 0.4) is 0 Å². The molecular formula is C12H17BrN2. The quantitative estimate of drug-likeness (QED) is 0.777. The van der Waals surface area contributed by atoms with Crippen LogP contribution in [0.5, 0.6) is 0 Å². The fraction of sp³-hybridized carbons (Fsp3) is 0.583. The molecule has 0 bridgehead atoms. The summed E-state index contributed by atoms with van der Waals surface area (Å²) >= 11 is 3.57. The molecule has 2 rings (SSSR count). The maximum atomic E-state index is 4.46. The highest BCUT2D eigenvalue weighted by Crippen LogP contribution is 2.35. The van der Waals surface area contributed by atoms with Crippen LogP contribution in [0, 0.1) is 11.8 Å². The molecule has 82 valence electrons. The van der Waals surface area contributed by atoms with E-state index in [0.717, 1.165) is 28.7 Å². The van der Waals surface area contributed by atoms with E-state index in [9.17, 15) is 0 Å². The number of nitrogens with zero attached hydrogens (tertiary/aromatic N) is 2. The average Bonchev–Trinajstić information content (AvgIpc) is 2.47. The molecule has 0 saturated carbocycles. The Kier molecular flexibility index (Phi) is 3.01. The van der Waals surface area contributed by atoms with Crippen LogP contribution in [0.1, 0.15) is 20.8 Å². The summed E-state index contributed by atoms with van der Waals surface area (Å²) in [6.45, 7) is 8.04. The summed E-state index contributed by atoms with van der Waals surface area (Å²) in [5, 5.41) is 0. The summed E-state index contributed by atoms with van der Waals surface area (Å²) in [5.74, 6) is 2.56. The molecule has 1 aromatic heterocycles. The van der Waals surface area contributed by atoms with Gasteiger partial charge < -0.3 is 4.90 Å². The van der Waals surface area contributed by atoms with Crippen LogP contribution >= 0.6 is 15.9 Å². The predicted molar refractivity (Wildman–Crippen MR) is 67.1 cm³/mol. The van der Waals surface area contributed by atoms with Gasteiger partial charge in [0.15, 0.2) is 0 Å². The Morgan fingerprint density at radius 2 is 2.13 bits per heavy atom. The lowest BCUT2D eigenvalue weighted by Gasteiger charge is -2.25. The van der Waals surface area contributed by atoms with Crippen molar-refractivity contribution in [1.82, 2.24) is 4.98 Å². The molecule has 15 heavy (non-hydrogen) atoms. The number of hydrogen-bond donors (Lipinski definition) is 0. The monoisotopic (exact) mass is 268 g/mol. The van der Waals surface area contributed by atoms with Crippen LogP contribution in [-0.4, -0.2) is 17.6 Å². The summed E-state index contributed by atoms with van der Waals surface area (Å²) < 4.78 is 1.10. The lowest BCUT2D eigenvalue weighted by atomic mass is 9.95. The van der Waals surface area contributed by atoms with Crippen LogP contribution in [-0.2, 0) is 0 Å². The Hall–Kier alpha value is -0.570. The number of pyridine rings is 1. The predicted octanol–water partition coefficient (Wildman–Crippen LogP) is 3.32. The molecule has 0 aliphatic carbocycles. The van der Waals surface area contributed by atoms with Gasteiger partial charge >= 0.3 is 0 Å². The average molecular weight is 269 g/mol. The van der Waals surface area contributed by atoms with Crippen LogP contribution in [0.2, 0.25) is 0 Å². The standard InChI is InChI=1S/C12H17BrN2/c1-8-7-15(10(3)9(8)2)12-11(13)5-4-6-14-12/h4-6,8-10H,7H2,1-3H3. The third kappa shape index (κ3) is 1.89. The minimum absolute atomic E-state index is 0.575. The summed E-state index contributed by atoms with van der Waals surface area (Å²) in [6, 6.07) is 4.59. The van der Waals surface area contributed by atoms with Crippen molar-refractivity contribution in [2.24, 2.45) is 11.8 Å². The molecule has 2 nitrogen and oxygen atoms in total. The van der Waals surface area contributed by atoms with Gasteiger partial charge in [-0.25, -0.2) is 4.98 Å². The van der Waals surface area contributed by atoms with Crippen molar-refractivity contribution >= 4 is 21.7 Å². The molecule has 1 saturated heterocycles. The molecule has 1 aliphatic rings. The van der Waals surface area contributed by atoms with E-state index >= 15 is 0 Å². The highest BCUT2D eigenvalue weighted by Gasteiger charge is 2.34. The second-order valence-electron chi connectivity index (χ2n) is 4.54. The number of halogens is 1. The zero-order chi connectivity index (χ0) is 11.0. The second kappa shape index (κ2) is 4.12. The van der Waals surface area contributed by atoms with Crippen LogP contribution in [0.15, 0.2) is 22.8 Å². The van der Waals surface area contributed by atoms with Crippen LogP contribution in [0.4, 0.5) is 5.82 Å². The van der Waals surface area contributed by atoms with E-state index in [2.05, 4.69) is 52.7 Å². The lowest BCUT2D eigenvalue weighted by Crippen LogP contribution is -2.30. The molecule has 3 atom stereocenters. The maximum Gasteiger partial charge on any atom is 0.143 e. The van der Waals surface area contributed by atoms with Crippen molar-refractivity contribution < 1.29 is 0 Å². The van der Waals surface area contributed by atoms with E-state index in [1.807, 2.05) is 12.3 Å². The molecule has 1 aliphatic heterocycles. The highest BCUT2D eigenvalue weighted by atomic mass is 79.9. The topological polar surface area (TPSA) is 16.1 Å². The van der Waals surface area contributed by atoms with Crippen LogP contribution < -0.4 is 4.90 Å². The first-order chi connectivity index (χ1) is 7.11. The van der Waals surface area contributed by atoms with Crippen molar-refractivity contribution in [2.75, 3.05) is 11.4 Å². The normalized spacial score (nSPS) is 30.9. The van der Waals surface area contributed by atoms with Gasteiger partial charge in [-0.3, -0.25) is 0 Å². The van der Waals surface area contributed by atoms with Gasteiger partial charge in [-0.05, 0) is 46.8 Å². The van der Waals surface area contributed by atoms with Gasteiger partial charge in [0.1, 0.15) is 5.82 Å². The fourth-order valence-electron chi connectivity index (χ4n) is 2.27. The molecule has 2 heterocycles. The van der Waals surface area contributed by atoms with Gasteiger partial charge in [-0.1, -0.05) is 13.8 Å². The number of aromatic nitrogens is 1. The van der Waals surface area contributed by atoms with Gasteiger partial charge in [-0.15, -0.1) is 0 Å². The van der Waals surface area contributed by atoms with E-state index in [0.29, 0.717) is 6.04 Å². The van der Waals surface area contributed by atoms with Gasteiger partial charge in [-0.2, -0.15) is 0 Å². The smallest absolute Gasteiger partial charge is 0.143 e. The Morgan fingerprint density at radius 3 is 2.67 bits per heavy atom. The number of rotatable bonds is 1. The summed E-state index contributed by atoms with van der Waals surface area (Å²) in [5.41, 5.74) is 0. The van der Waals surface area contributed by atoms with Crippen molar-refractivity contribution in [3.05, 3.63) is 22.8 Å². The van der Waals surface area contributed by atoms with Crippen LogP contribution in [0.25, 0.3) is 0 Å². The van der Waals surface area contributed by atoms with Crippen molar-refractivity contribution in [3.8, 4) is 0 Å². The molecule has 3 unspecified atom stereocenters. The van der Waals surface area contributed by atoms with Gasteiger partial charge in [0, 0.05) is 18.8 Å². The first-order valence-corrected chi connectivity index (χ1v) is 6.27. The molecule has 3 heteroatoms. The summed E-state index contributed by atoms with van der Waals surface area (Å²) in [6.07, 6.45) is 1.86. The van der Waals surface area contributed by atoms with Gasteiger partial charge in [0.2, 0.25) is 0 Å². The number of hydrogen-bond acceptors (Lipinski definition) is 2. The first kappa shape index (κ1) is 10.9. The van der Waals surface area contributed by atoms with E-state index in [-0.39, 0.29) is 0 Å². The first-order valence-electron chi connectivity index (χ1n) is 5.48. The van der Waals surface area contributed by atoms with E-state index < -0.39 is 0 Å². The largest absolute Gasteiger partial charge is 0.352 e. The maximum absolute atomic E-state index is 4.46. The van der Waals surface area contributed by atoms with E-state index in [1.165, 1.54) is 0 Å². The third-order valence-corrected chi connectivity index (χ3v) is 4.26. The zero-order valence-corrected chi connectivity index (χ0v) is 11.0. The Morgan fingerprint density at radius 1 is 1.40 bits per heavy atom. The molecule has 0 radical (unpaired) electrons. The molecule has 0 spiro atoms. The zero-order valence-electron chi connectivity index (χ0n) is 9.44. The second-order valence-corrected chi connectivity index (χ2v) is 5.39. The lowest BCUT2D eigenvalue weighted by molar-refractivity contribution is 0.441. The highest BCUT2D eigenvalue weighted by molar-refractivity contribution is 9.10. The van der Waals surface area contributed by atoms with Gasteiger partial charge in [0.25, 0.3) is 0 Å². The Balaban J connectivity index is 2.30. The SMILES string of the molecule is CC1CN(c2ncccc2Br)C(C)C1C. The third-order valence-electron chi connectivity index (χ3n) is 3.65. The minimum atomic E-state index is 0.575. The molecule has 1 aromatic rings. The number of anilines is 1. The van der Waals surface area contributed by atoms with Crippen molar-refractivity contribution in [3.63, 3.8) is 0 Å². The van der Waals surface area contributed by atoms with Crippen molar-refractivity contribution in [2.45, 2.75) is 26.8 Å². The molecule has 0 N–H and O–H groups in total. The van der Waals surface area contributed by atoms with Gasteiger partial charge in [0.05, 0.1) is 4.47 Å². The summed E-state index contributed by atoms with van der Waals surface area (Å²) in [7, 11) is 0. The fourth-order valence-corrected chi connectivity index (χ4v) is 2.75. The molecule has 0 amide bonds. The Bertz CT molecular complexity index is 353. The van der Waals surface area contributed by atoms with E-state index in [1.54, 1.807) is 0 Å². The molecule has 0 aromatic carbocycles. The Labute approximate surface area is 99.8 Å². The molecular weight excluding hydrogens is 252 g/mol. The summed E-state index contributed by atoms with van der Waals surface area (Å²) in [4.78, 5) is 6.86. The molecule has 1 fully saturated rings. The minimum Gasteiger partial charge on any atom is -0.352 e.